The lowest BCUT2D eigenvalue weighted by molar-refractivity contribution is 1.04. The molecule has 0 saturated carbocycles. The molecule has 1 aromatic rings. The maximum absolute atomic E-state index is 4.28. The molecule has 14 heavy (non-hydrogen) atoms. The summed E-state index contributed by atoms with van der Waals surface area (Å²) in [6, 6.07) is 0. The molecule has 1 aromatic heterocycles. The van der Waals surface area contributed by atoms with Crippen molar-refractivity contribution in [2.45, 2.75) is 19.1 Å². The van der Waals surface area contributed by atoms with Crippen molar-refractivity contribution in [1.82, 2.24) is 4.98 Å². The smallest absolute Gasteiger partial charge is 0.182 e. The molecule has 1 heterocycles. The van der Waals surface area contributed by atoms with E-state index in [9.17, 15) is 0 Å². The number of aryl methyl sites for hydroxylation is 1. The van der Waals surface area contributed by atoms with Crippen molar-refractivity contribution in [3.63, 3.8) is 0 Å². The summed E-state index contributed by atoms with van der Waals surface area (Å²) >= 11 is 3.29. The minimum atomic E-state index is 0.737. The van der Waals surface area contributed by atoms with Gasteiger partial charge in [0, 0.05) is 17.7 Å². The number of thiazole rings is 1. The van der Waals surface area contributed by atoms with Crippen LogP contribution in [0.1, 0.15) is 17.5 Å². The lowest BCUT2D eigenvalue weighted by Crippen LogP contribution is -1.90. The van der Waals surface area contributed by atoms with E-state index in [1.165, 1.54) is 10.6 Å². The second-order valence-electron chi connectivity index (χ2n) is 2.53. The fourth-order valence-corrected chi connectivity index (χ4v) is 2.75. The summed E-state index contributed by atoms with van der Waals surface area (Å²) in [5.74, 6) is 0.888. The molecule has 5 heteroatoms. The molecule has 76 valence electrons. The van der Waals surface area contributed by atoms with E-state index in [-0.39, 0.29) is 0 Å². The van der Waals surface area contributed by atoms with Crippen LogP contribution in [0, 0.1) is 0 Å². The van der Waals surface area contributed by atoms with Crippen molar-refractivity contribution < 1.29 is 0 Å². The van der Waals surface area contributed by atoms with Crippen LogP contribution in [0.4, 0.5) is 0 Å². The van der Waals surface area contributed by atoms with E-state index in [1.807, 2.05) is 5.51 Å². The fraction of sp³-hybridized carbons (Fsp3) is 0.444. The Morgan fingerprint density at radius 1 is 1.71 bits per heavy atom. The maximum atomic E-state index is 4.28. The van der Waals surface area contributed by atoms with E-state index < -0.39 is 0 Å². The Morgan fingerprint density at radius 3 is 3.07 bits per heavy atom. The highest BCUT2D eigenvalue weighted by Gasteiger charge is 2.05. The number of aliphatic imine (C=N–C) groups is 2. The third kappa shape index (κ3) is 2.92. The van der Waals surface area contributed by atoms with Crippen molar-refractivity contribution in [3.05, 3.63) is 16.1 Å². The molecule has 0 saturated heterocycles. The standard InChI is InChI=1S/C9H13N3S2/c1-4-7-8(14-6-12-7)5-13-9(10-2)11-3/h6H,2,4-5H2,1,3H3. The summed E-state index contributed by atoms with van der Waals surface area (Å²) < 4.78 is 0. The Morgan fingerprint density at radius 2 is 2.50 bits per heavy atom. The highest BCUT2D eigenvalue weighted by molar-refractivity contribution is 8.13. The second-order valence-corrected chi connectivity index (χ2v) is 4.41. The van der Waals surface area contributed by atoms with Gasteiger partial charge < -0.3 is 0 Å². The SMILES string of the molecule is C=NC(=NC)SCc1scnc1CC. The van der Waals surface area contributed by atoms with Crippen LogP contribution in [-0.4, -0.2) is 23.9 Å². The molecule has 0 atom stereocenters. The quantitative estimate of drug-likeness (QED) is 0.588. The molecule has 3 nitrogen and oxygen atoms in total. The van der Waals surface area contributed by atoms with E-state index in [1.54, 1.807) is 30.1 Å². The zero-order valence-corrected chi connectivity index (χ0v) is 9.99. The van der Waals surface area contributed by atoms with Gasteiger partial charge in [0.25, 0.3) is 0 Å². The van der Waals surface area contributed by atoms with Gasteiger partial charge in [-0.1, -0.05) is 18.7 Å². The summed E-state index contributed by atoms with van der Waals surface area (Å²) in [6.45, 7) is 5.58. The number of rotatable bonds is 3. The van der Waals surface area contributed by atoms with Crippen molar-refractivity contribution in [3.8, 4) is 0 Å². The van der Waals surface area contributed by atoms with E-state index >= 15 is 0 Å². The number of aromatic nitrogens is 1. The van der Waals surface area contributed by atoms with Gasteiger partial charge in [0.15, 0.2) is 5.17 Å². The average Bonchev–Trinajstić information content (AvgIpc) is 2.67. The molecule has 0 amide bonds. The first-order valence-corrected chi connectivity index (χ1v) is 6.15. The Kier molecular flexibility index (Phi) is 4.82. The van der Waals surface area contributed by atoms with Crippen LogP contribution in [0.3, 0.4) is 0 Å². The molecule has 0 aliphatic carbocycles. The molecule has 0 unspecified atom stereocenters. The van der Waals surface area contributed by atoms with Crippen molar-refractivity contribution in [2.24, 2.45) is 9.98 Å². The average molecular weight is 227 g/mol. The number of nitrogens with zero attached hydrogens (tertiary/aromatic N) is 3. The predicted molar refractivity (Wildman–Crippen MR) is 65.7 cm³/mol. The van der Waals surface area contributed by atoms with Gasteiger partial charge in [0.05, 0.1) is 11.2 Å². The Bertz CT molecular complexity index is 331. The first kappa shape index (κ1) is 11.4. The number of thioether (sulfide) groups is 1. The van der Waals surface area contributed by atoms with Crippen molar-refractivity contribution in [1.29, 1.82) is 0 Å². The predicted octanol–water partition coefficient (Wildman–Crippen LogP) is 2.63. The molecule has 0 spiro atoms. The summed E-state index contributed by atoms with van der Waals surface area (Å²) in [5, 5.41) is 0.737. The van der Waals surface area contributed by atoms with Crippen molar-refractivity contribution in [2.75, 3.05) is 7.05 Å². The fourth-order valence-electron chi connectivity index (χ4n) is 1.01. The van der Waals surface area contributed by atoms with Gasteiger partial charge in [0.2, 0.25) is 0 Å². The molecular weight excluding hydrogens is 214 g/mol. The lowest BCUT2D eigenvalue weighted by atomic mass is 10.3. The molecule has 0 aliphatic heterocycles. The van der Waals surface area contributed by atoms with E-state index in [2.05, 4.69) is 28.6 Å². The molecule has 0 radical (unpaired) electrons. The normalized spacial score (nSPS) is 11.7. The lowest BCUT2D eigenvalue weighted by Gasteiger charge is -1.99. The number of hydrogen-bond donors (Lipinski definition) is 0. The van der Waals surface area contributed by atoms with Crippen LogP contribution >= 0.6 is 23.1 Å². The molecule has 1 rings (SSSR count). The third-order valence-corrected chi connectivity index (χ3v) is 3.78. The topological polar surface area (TPSA) is 37.6 Å². The van der Waals surface area contributed by atoms with E-state index in [4.69, 9.17) is 0 Å². The van der Waals surface area contributed by atoms with Crippen molar-refractivity contribution >= 4 is 35.0 Å². The highest BCUT2D eigenvalue weighted by atomic mass is 32.2. The minimum Gasteiger partial charge on any atom is -0.264 e. The maximum Gasteiger partial charge on any atom is 0.182 e. The molecule has 0 bridgehead atoms. The van der Waals surface area contributed by atoms with Gasteiger partial charge in [-0.3, -0.25) is 4.99 Å². The van der Waals surface area contributed by atoms with Crippen LogP contribution in [0.5, 0.6) is 0 Å². The first-order valence-electron chi connectivity index (χ1n) is 4.29. The zero-order valence-electron chi connectivity index (χ0n) is 8.36. The van der Waals surface area contributed by atoms with Crippen LogP contribution in [0.15, 0.2) is 15.5 Å². The van der Waals surface area contributed by atoms with Gasteiger partial charge in [-0.2, -0.15) is 0 Å². The van der Waals surface area contributed by atoms with Gasteiger partial charge >= 0.3 is 0 Å². The number of amidine groups is 1. The molecule has 0 aliphatic rings. The van der Waals surface area contributed by atoms with Gasteiger partial charge in [-0.05, 0) is 13.1 Å². The van der Waals surface area contributed by atoms with Crippen LogP contribution in [0.2, 0.25) is 0 Å². The van der Waals surface area contributed by atoms with Crippen LogP contribution in [-0.2, 0) is 12.2 Å². The Hall–Kier alpha value is -0.680. The van der Waals surface area contributed by atoms with Crippen LogP contribution < -0.4 is 0 Å². The molecule has 0 aromatic carbocycles. The summed E-state index contributed by atoms with van der Waals surface area (Å²) in [5.41, 5.74) is 3.07. The molecular formula is C9H13N3S2. The largest absolute Gasteiger partial charge is 0.264 e. The molecule has 0 N–H and O–H groups in total. The summed E-state index contributed by atoms with van der Waals surface area (Å²) in [4.78, 5) is 13.4. The summed E-state index contributed by atoms with van der Waals surface area (Å²) in [6.07, 6.45) is 0.986. The minimum absolute atomic E-state index is 0.737. The van der Waals surface area contributed by atoms with E-state index in [0.29, 0.717) is 0 Å². The monoisotopic (exact) mass is 227 g/mol. The van der Waals surface area contributed by atoms with Gasteiger partial charge in [-0.25, -0.2) is 9.98 Å². The number of hydrogen-bond acceptors (Lipinski definition) is 4. The third-order valence-electron chi connectivity index (χ3n) is 1.72. The Balaban J connectivity index is 2.57. The molecule has 0 fully saturated rings. The second kappa shape index (κ2) is 5.93. The Labute approximate surface area is 92.4 Å². The van der Waals surface area contributed by atoms with Gasteiger partial charge in [0.1, 0.15) is 0 Å². The highest BCUT2D eigenvalue weighted by Crippen LogP contribution is 2.21. The van der Waals surface area contributed by atoms with Gasteiger partial charge in [-0.15, -0.1) is 11.3 Å². The summed E-state index contributed by atoms with van der Waals surface area (Å²) in [7, 11) is 1.73. The van der Waals surface area contributed by atoms with E-state index in [0.717, 1.165) is 17.3 Å². The zero-order chi connectivity index (χ0) is 10.4. The van der Waals surface area contributed by atoms with Crippen LogP contribution in [0.25, 0.3) is 0 Å². The first-order chi connectivity index (χ1) is 6.81.